The third-order valence-electron chi connectivity index (χ3n) is 4.88. The molecule has 0 bridgehead atoms. The van der Waals surface area contributed by atoms with Crippen molar-refractivity contribution in [3.8, 4) is 17.2 Å². The number of aliphatic hydroxyl groups is 1. The summed E-state index contributed by atoms with van der Waals surface area (Å²) in [6, 6.07) is 5.88. The molecular formula is C18H23N3O4. The molecule has 25 heavy (non-hydrogen) atoms. The van der Waals surface area contributed by atoms with Gasteiger partial charge < -0.3 is 19.3 Å². The number of β-amino-alcohol motifs (C(OH)–C–C–N with tert-alkyl or cyclic N) is 1. The Kier molecular flexibility index (Phi) is 4.27. The van der Waals surface area contributed by atoms with Crippen molar-refractivity contribution in [1.29, 1.82) is 0 Å². The van der Waals surface area contributed by atoms with E-state index in [2.05, 4.69) is 15.1 Å². The minimum atomic E-state index is -0.350. The minimum Gasteiger partial charge on any atom is -0.496 e. The molecule has 0 unspecified atom stereocenters. The Hall–Kier alpha value is -2.25. The maximum absolute atomic E-state index is 10.4. The van der Waals surface area contributed by atoms with Crippen LogP contribution in [0.4, 0.5) is 0 Å². The molecular weight excluding hydrogens is 322 g/mol. The molecule has 1 aromatic heterocycles. The van der Waals surface area contributed by atoms with Gasteiger partial charge >= 0.3 is 0 Å². The predicted octanol–water partition coefficient (Wildman–Crippen LogP) is 1.49. The summed E-state index contributed by atoms with van der Waals surface area (Å²) in [4.78, 5) is 2.24. The Morgan fingerprint density at radius 1 is 1.28 bits per heavy atom. The molecule has 0 spiro atoms. The molecule has 7 heteroatoms. The largest absolute Gasteiger partial charge is 0.496 e. The van der Waals surface area contributed by atoms with Crippen molar-refractivity contribution in [2.24, 2.45) is 5.92 Å². The summed E-state index contributed by atoms with van der Waals surface area (Å²) >= 11 is 0. The number of likely N-dealkylation sites (tertiary alicyclic amines) is 1. The zero-order valence-electron chi connectivity index (χ0n) is 14.5. The van der Waals surface area contributed by atoms with Gasteiger partial charge in [0.15, 0.2) is 11.5 Å². The fourth-order valence-electron chi connectivity index (χ4n) is 3.64. The number of aromatic amines is 1. The Bertz CT molecular complexity index is 761. The normalized spacial score (nSPS) is 22.5. The fraction of sp³-hybridized carbons (Fsp3) is 0.500. The summed E-state index contributed by atoms with van der Waals surface area (Å²) in [5.74, 6) is 2.43. The number of fused-ring (bicyclic) bond motifs is 1. The highest BCUT2D eigenvalue weighted by molar-refractivity contribution is 5.51. The van der Waals surface area contributed by atoms with Gasteiger partial charge in [0.05, 0.1) is 18.9 Å². The summed E-state index contributed by atoms with van der Waals surface area (Å²) in [7, 11) is 1.66. The van der Waals surface area contributed by atoms with Crippen LogP contribution in [-0.4, -0.2) is 53.3 Å². The molecule has 2 atom stereocenters. The van der Waals surface area contributed by atoms with E-state index in [9.17, 15) is 5.11 Å². The minimum absolute atomic E-state index is 0.183. The smallest absolute Gasteiger partial charge is 0.231 e. The maximum Gasteiger partial charge on any atom is 0.231 e. The molecule has 7 nitrogen and oxygen atoms in total. The number of hydrogen-bond donors (Lipinski definition) is 2. The van der Waals surface area contributed by atoms with Crippen LogP contribution in [0.5, 0.6) is 17.2 Å². The molecule has 3 heterocycles. The van der Waals surface area contributed by atoms with Crippen molar-refractivity contribution >= 4 is 0 Å². The molecule has 1 saturated heterocycles. The first-order chi connectivity index (χ1) is 12.1. The van der Waals surface area contributed by atoms with Gasteiger partial charge in [-0.15, -0.1) is 0 Å². The van der Waals surface area contributed by atoms with Crippen LogP contribution in [0.1, 0.15) is 17.0 Å². The van der Waals surface area contributed by atoms with Gasteiger partial charge in [-0.05, 0) is 25.5 Å². The number of H-pyrrole nitrogens is 1. The van der Waals surface area contributed by atoms with E-state index in [0.717, 1.165) is 41.4 Å². The standard InChI is InChI=1S/C18H23N3O4/c1-11-3-14(20-19-11)4-12-7-21(9-15(12)22)8-13-5-17-18(25-10-24-17)6-16(13)23-2/h3,5-6,12,15,22H,4,7-10H2,1-2H3,(H,19,20)/t12-,15-/m1/s1. The number of aromatic nitrogens is 2. The summed E-state index contributed by atoms with van der Waals surface area (Å²) in [6.45, 7) is 4.40. The van der Waals surface area contributed by atoms with Crippen LogP contribution in [0.3, 0.4) is 0 Å². The van der Waals surface area contributed by atoms with Crippen molar-refractivity contribution < 1.29 is 19.3 Å². The lowest BCUT2D eigenvalue weighted by Crippen LogP contribution is -2.21. The number of aliphatic hydroxyl groups excluding tert-OH is 1. The molecule has 4 rings (SSSR count). The second-order valence-corrected chi connectivity index (χ2v) is 6.79. The van der Waals surface area contributed by atoms with Crippen LogP contribution in [0, 0.1) is 12.8 Å². The van der Waals surface area contributed by atoms with Crippen molar-refractivity contribution in [3.63, 3.8) is 0 Å². The summed E-state index contributed by atoms with van der Waals surface area (Å²) < 4.78 is 16.4. The summed E-state index contributed by atoms with van der Waals surface area (Å²) in [5, 5.41) is 17.7. The predicted molar refractivity (Wildman–Crippen MR) is 90.9 cm³/mol. The third-order valence-corrected chi connectivity index (χ3v) is 4.88. The highest BCUT2D eigenvalue weighted by Crippen LogP contribution is 2.39. The molecule has 1 fully saturated rings. The second-order valence-electron chi connectivity index (χ2n) is 6.79. The first-order valence-electron chi connectivity index (χ1n) is 8.50. The average molecular weight is 345 g/mol. The molecule has 134 valence electrons. The van der Waals surface area contributed by atoms with E-state index in [1.165, 1.54) is 0 Å². The zero-order valence-corrected chi connectivity index (χ0v) is 14.5. The molecule has 0 aliphatic carbocycles. The molecule has 0 radical (unpaired) electrons. The Labute approximate surface area is 146 Å². The fourth-order valence-corrected chi connectivity index (χ4v) is 3.64. The molecule has 2 N–H and O–H groups in total. The van der Waals surface area contributed by atoms with E-state index in [-0.39, 0.29) is 18.8 Å². The van der Waals surface area contributed by atoms with Crippen LogP contribution in [0.15, 0.2) is 18.2 Å². The van der Waals surface area contributed by atoms with Gasteiger partial charge in [-0.2, -0.15) is 5.10 Å². The summed E-state index contributed by atoms with van der Waals surface area (Å²) in [5.41, 5.74) is 3.09. The lowest BCUT2D eigenvalue weighted by Gasteiger charge is -2.18. The van der Waals surface area contributed by atoms with E-state index in [0.29, 0.717) is 18.8 Å². The number of aryl methyl sites for hydroxylation is 1. The first kappa shape index (κ1) is 16.2. The number of nitrogens with zero attached hydrogens (tertiary/aromatic N) is 2. The van der Waals surface area contributed by atoms with E-state index in [4.69, 9.17) is 14.2 Å². The SMILES string of the molecule is COc1cc2c(cc1CN1C[C@@H](Cc3cc(C)[nH]n3)[C@H](O)C1)OCO2. The third kappa shape index (κ3) is 3.29. The van der Waals surface area contributed by atoms with Crippen molar-refractivity contribution in [2.75, 3.05) is 27.0 Å². The number of ether oxygens (including phenoxy) is 3. The molecule has 0 amide bonds. The lowest BCUT2D eigenvalue weighted by molar-refractivity contribution is 0.140. The highest BCUT2D eigenvalue weighted by atomic mass is 16.7. The Morgan fingerprint density at radius 3 is 2.80 bits per heavy atom. The van der Waals surface area contributed by atoms with E-state index in [1.807, 2.05) is 25.1 Å². The van der Waals surface area contributed by atoms with Gasteiger partial charge in [-0.1, -0.05) is 0 Å². The quantitative estimate of drug-likeness (QED) is 0.855. The molecule has 1 aromatic carbocycles. The molecule has 0 saturated carbocycles. The van der Waals surface area contributed by atoms with E-state index < -0.39 is 0 Å². The van der Waals surface area contributed by atoms with Crippen LogP contribution in [0.2, 0.25) is 0 Å². The van der Waals surface area contributed by atoms with Crippen molar-refractivity contribution in [3.05, 3.63) is 35.2 Å². The Morgan fingerprint density at radius 2 is 2.08 bits per heavy atom. The van der Waals surface area contributed by atoms with E-state index >= 15 is 0 Å². The van der Waals surface area contributed by atoms with Crippen LogP contribution >= 0.6 is 0 Å². The van der Waals surface area contributed by atoms with Crippen molar-refractivity contribution in [2.45, 2.75) is 26.0 Å². The van der Waals surface area contributed by atoms with Gasteiger partial charge in [0, 0.05) is 42.9 Å². The summed E-state index contributed by atoms with van der Waals surface area (Å²) in [6.07, 6.45) is 0.428. The number of nitrogens with one attached hydrogen (secondary N) is 1. The van der Waals surface area contributed by atoms with Crippen LogP contribution in [0.25, 0.3) is 0 Å². The topological polar surface area (TPSA) is 79.8 Å². The van der Waals surface area contributed by atoms with Gasteiger partial charge in [0.1, 0.15) is 5.75 Å². The van der Waals surface area contributed by atoms with Crippen molar-refractivity contribution in [1.82, 2.24) is 15.1 Å². The zero-order chi connectivity index (χ0) is 17.4. The Balaban J connectivity index is 1.45. The molecule has 2 aliphatic heterocycles. The lowest BCUT2D eigenvalue weighted by atomic mass is 10.0. The number of benzene rings is 1. The van der Waals surface area contributed by atoms with Gasteiger partial charge in [-0.25, -0.2) is 0 Å². The average Bonchev–Trinajstić information content (AvgIpc) is 3.28. The first-order valence-corrected chi connectivity index (χ1v) is 8.50. The maximum atomic E-state index is 10.4. The monoisotopic (exact) mass is 345 g/mol. The van der Waals surface area contributed by atoms with Crippen LogP contribution in [-0.2, 0) is 13.0 Å². The van der Waals surface area contributed by atoms with Crippen LogP contribution < -0.4 is 14.2 Å². The number of rotatable bonds is 5. The molecule has 2 aromatic rings. The highest BCUT2D eigenvalue weighted by Gasteiger charge is 2.32. The van der Waals surface area contributed by atoms with Gasteiger partial charge in [0.25, 0.3) is 0 Å². The number of methoxy groups -OCH3 is 1. The van der Waals surface area contributed by atoms with E-state index in [1.54, 1.807) is 7.11 Å². The second kappa shape index (κ2) is 6.57. The van der Waals surface area contributed by atoms with Gasteiger partial charge in [0.2, 0.25) is 6.79 Å². The number of hydrogen-bond acceptors (Lipinski definition) is 6. The van der Waals surface area contributed by atoms with Gasteiger partial charge in [-0.3, -0.25) is 10.00 Å². The molecule has 2 aliphatic rings.